The van der Waals surface area contributed by atoms with Crippen molar-refractivity contribution in [2.24, 2.45) is 0 Å². The first-order valence-corrected chi connectivity index (χ1v) is 8.81. The highest BCUT2D eigenvalue weighted by atomic mass is 16.6. The van der Waals surface area contributed by atoms with E-state index in [1.165, 1.54) is 24.0 Å². The summed E-state index contributed by atoms with van der Waals surface area (Å²) in [6.45, 7) is 4.65. The van der Waals surface area contributed by atoms with Crippen molar-refractivity contribution in [1.82, 2.24) is 0 Å². The number of hydrogen-bond donors (Lipinski definition) is 1. The number of fused-ring (bicyclic) bond motifs is 1. The molecule has 0 spiro atoms. The second kappa shape index (κ2) is 7.34. The van der Waals surface area contributed by atoms with Gasteiger partial charge in [-0.2, -0.15) is 0 Å². The summed E-state index contributed by atoms with van der Waals surface area (Å²) >= 11 is 0. The van der Waals surface area contributed by atoms with Gasteiger partial charge in [0.15, 0.2) is 11.9 Å². The second-order valence-electron chi connectivity index (χ2n) is 7.07. The van der Waals surface area contributed by atoms with Crippen LogP contribution in [-0.4, -0.2) is 34.7 Å². The number of benzene rings is 2. The molecule has 1 heterocycles. The molecule has 0 saturated carbocycles. The van der Waals surface area contributed by atoms with Crippen molar-refractivity contribution < 1.29 is 24.0 Å². The first kappa shape index (κ1) is 20.0. The number of rotatable bonds is 5. The van der Waals surface area contributed by atoms with Crippen LogP contribution in [0.2, 0.25) is 0 Å². The molecule has 1 aliphatic heterocycles. The molecule has 1 N–H and O–H groups in total. The number of aldehydes is 1. The lowest BCUT2D eigenvalue weighted by atomic mass is 9.95. The minimum absolute atomic E-state index is 0.116. The van der Waals surface area contributed by atoms with Crippen LogP contribution in [0.15, 0.2) is 42.5 Å². The number of nitrogens with zero attached hydrogens (tertiary/aromatic N) is 2. The molecule has 1 aliphatic rings. The molecule has 150 valence electrons. The molecule has 0 fully saturated rings. The van der Waals surface area contributed by atoms with Crippen LogP contribution >= 0.6 is 0 Å². The van der Waals surface area contributed by atoms with E-state index in [4.69, 9.17) is 4.74 Å². The molecule has 1 atom stereocenters. The molecular weight excluding hydrogens is 378 g/mol. The maximum Gasteiger partial charge on any atom is 0.311 e. The molecule has 2 aromatic carbocycles. The summed E-state index contributed by atoms with van der Waals surface area (Å²) in [6.07, 6.45) is -0.647. The summed E-state index contributed by atoms with van der Waals surface area (Å²) in [5.74, 6) is -1.04. The highest BCUT2D eigenvalue weighted by Gasteiger charge is 2.45. The van der Waals surface area contributed by atoms with Gasteiger partial charge in [0.2, 0.25) is 5.91 Å². The van der Waals surface area contributed by atoms with Crippen LogP contribution in [0.5, 0.6) is 5.75 Å². The van der Waals surface area contributed by atoms with Crippen molar-refractivity contribution in [3.63, 3.8) is 0 Å². The zero-order chi connectivity index (χ0) is 21.3. The Balaban J connectivity index is 1.95. The first-order valence-electron chi connectivity index (χ1n) is 8.81. The summed E-state index contributed by atoms with van der Waals surface area (Å²) in [6, 6.07) is 10.6. The Labute approximate surface area is 166 Å². The Morgan fingerprint density at radius 3 is 2.62 bits per heavy atom. The van der Waals surface area contributed by atoms with Crippen molar-refractivity contribution in [2.45, 2.75) is 32.4 Å². The third-order valence-electron chi connectivity index (χ3n) is 4.70. The van der Waals surface area contributed by atoms with Crippen LogP contribution in [0.1, 0.15) is 31.1 Å². The predicted molar refractivity (Wildman–Crippen MR) is 105 cm³/mol. The van der Waals surface area contributed by atoms with E-state index in [-0.39, 0.29) is 17.2 Å². The second-order valence-corrected chi connectivity index (χ2v) is 7.07. The van der Waals surface area contributed by atoms with Crippen LogP contribution in [0, 0.1) is 10.1 Å². The van der Waals surface area contributed by atoms with Gasteiger partial charge in [0.25, 0.3) is 5.91 Å². The Kier molecular flexibility index (Phi) is 5.06. The Hall–Kier alpha value is -3.75. The Morgan fingerprint density at radius 1 is 1.28 bits per heavy atom. The standard InChI is InChI=1S/C20H19N3O6/c1-12(29-17-9-8-13(11-24)10-16(17)23(27)28)18(25)22-15-7-5-4-6-14(15)21-19(26)20(22,2)3/h4-12H,1-3H3,(H,21,26)/t12-/m0/s1. The van der Waals surface area contributed by atoms with Crippen molar-refractivity contribution in [2.75, 3.05) is 10.2 Å². The monoisotopic (exact) mass is 397 g/mol. The molecule has 0 aromatic heterocycles. The summed E-state index contributed by atoms with van der Waals surface area (Å²) in [5.41, 5.74) is -0.519. The molecule has 9 nitrogen and oxygen atoms in total. The number of hydrogen-bond acceptors (Lipinski definition) is 6. The fourth-order valence-corrected chi connectivity index (χ4v) is 3.12. The van der Waals surface area contributed by atoms with E-state index in [0.717, 1.165) is 6.07 Å². The van der Waals surface area contributed by atoms with Crippen LogP contribution in [0.25, 0.3) is 0 Å². The lowest BCUT2D eigenvalue weighted by Crippen LogP contribution is -2.60. The van der Waals surface area contributed by atoms with Gasteiger partial charge in [-0.3, -0.25) is 29.4 Å². The summed E-state index contributed by atoms with van der Waals surface area (Å²) in [5, 5.41) is 14.1. The topological polar surface area (TPSA) is 119 Å². The molecule has 0 radical (unpaired) electrons. The lowest BCUT2D eigenvalue weighted by Gasteiger charge is -2.42. The summed E-state index contributed by atoms with van der Waals surface area (Å²) in [7, 11) is 0. The van der Waals surface area contributed by atoms with E-state index in [9.17, 15) is 24.5 Å². The van der Waals surface area contributed by atoms with Crippen LogP contribution < -0.4 is 15.0 Å². The van der Waals surface area contributed by atoms with Crippen molar-refractivity contribution in [3.8, 4) is 5.75 Å². The van der Waals surface area contributed by atoms with E-state index < -0.39 is 28.2 Å². The molecule has 29 heavy (non-hydrogen) atoms. The molecule has 0 saturated heterocycles. The lowest BCUT2D eigenvalue weighted by molar-refractivity contribution is -0.386. The number of nitrogens with one attached hydrogen (secondary N) is 1. The molecule has 0 unspecified atom stereocenters. The zero-order valence-corrected chi connectivity index (χ0v) is 16.0. The van der Waals surface area contributed by atoms with Gasteiger partial charge in [-0.25, -0.2) is 0 Å². The molecule has 2 amide bonds. The van der Waals surface area contributed by atoms with E-state index in [0.29, 0.717) is 17.7 Å². The molecule has 2 aromatic rings. The Morgan fingerprint density at radius 2 is 1.97 bits per heavy atom. The number of ether oxygens (including phenoxy) is 1. The van der Waals surface area contributed by atoms with Crippen LogP contribution in [0.3, 0.4) is 0 Å². The maximum absolute atomic E-state index is 13.2. The van der Waals surface area contributed by atoms with Gasteiger partial charge in [0.05, 0.1) is 16.3 Å². The number of para-hydroxylation sites is 2. The number of amides is 2. The number of nitro groups is 1. The predicted octanol–water partition coefficient (Wildman–Crippen LogP) is 2.94. The third-order valence-corrected chi connectivity index (χ3v) is 4.70. The number of anilines is 2. The number of carbonyl (C=O) groups excluding carboxylic acids is 3. The minimum Gasteiger partial charge on any atom is -0.474 e. The smallest absolute Gasteiger partial charge is 0.311 e. The quantitative estimate of drug-likeness (QED) is 0.471. The van der Waals surface area contributed by atoms with Gasteiger partial charge in [-0.05, 0) is 45.0 Å². The zero-order valence-electron chi connectivity index (χ0n) is 16.0. The largest absolute Gasteiger partial charge is 0.474 e. The molecular formula is C20H19N3O6. The van der Waals surface area contributed by atoms with E-state index in [2.05, 4.69) is 5.32 Å². The van der Waals surface area contributed by atoms with Gasteiger partial charge in [0.1, 0.15) is 11.8 Å². The van der Waals surface area contributed by atoms with Gasteiger partial charge >= 0.3 is 5.69 Å². The SMILES string of the molecule is C[C@H](Oc1ccc(C=O)cc1[N+](=O)[O-])C(=O)N1c2ccccc2NC(=O)C1(C)C. The van der Waals surface area contributed by atoms with Crippen LogP contribution in [0.4, 0.5) is 17.1 Å². The molecule has 9 heteroatoms. The average molecular weight is 397 g/mol. The maximum atomic E-state index is 13.2. The first-order chi connectivity index (χ1) is 13.7. The van der Waals surface area contributed by atoms with Crippen molar-refractivity contribution >= 4 is 35.2 Å². The number of nitro benzene ring substituents is 1. The summed E-state index contributed by atoms with van der Waals surface area (Å²) in [4.78, 5) is 48.6. The molecule has 3 rings (SSSR count). The highest BCUT2D eigenvalue weighted by Crippen LogP contribution is 2.37. The van der Waals surface area contributed by atoms with Gasteiger partial charge in [0, 0.05) is 11.6 Å². The normalized spacial score (nSPS) is 15.7. The molecule has 0 bridgehead atoms. The van der Waals surface area contributed by atoms with Gasteiger partial charge in [-0.15, -0.1) is 0 Å². The third kappa shape index (κ3) is 3.54. The minimum atomic E-state index is -1.20. The fourth-order valence-electron chi connectivity index (χ4n) is 3.12. The van der Waals surface area contributed by atoms with E-state index in [1.807, 2.05) is 0 Å². The summed E-state index contributed by atoms with van der Waals surface area (Å²) < 4.78 is 5.58. The highest BCUT2D eigenvalue weighted by molar-refractivity contribution is 6.15. The van der Waals surface area contributed by atoms with Gasteiger partial charge < -0.3 is 10.1 Å². The van der Waals surface area contributed by atoms with Crippen LogP contribution in [-0.2, 0) is 9.59 Å². The van der Waals surface area contributed by atoms with Gasteiger partial charge in [-0.1, -0.05) is 12.1 Å². The van der Waals surface area contributed by atoms with E-state index >= 15 is 0 Å². The average Bonchev–Trinajstić information content (AvgIpc) is 2.68. The van der Waals surface area contributed by atoms with Crippen molar-refractivity contribution in [3.05, 3.63) is 58.1 Å². The van der Waals surface area contributed by atoms with E-state index in [1.54, 1.807) is 38.1 Å². The molecule has 0 aliphatic carbocycles. The fraction of sp³-hybridized carbons (Fsp3) is 0.250. The van der Waals surface area contributed by atoms with Crippen molar-refractivity contribution in [1.29, 1.82) is 0 Å². The Bertz CT molecular complexity index is 1020. The number of carbonyl (C=O) groups is 3.